The van der Waals surface area contributed by atoms with E-state index < -0.39 is 5.60 Å². The molecule has 1 aliphatic heterocycles. The van der Waals surface area contributed by atoms with Crippen LogP contribution in [0, 0.1) is 5.82 Å². The normalized spacial score (nSPS) is 18.1. The van der Waals surface area contributed by atoms with E-state index >= 15 is 0 Å². The highest BCUT2D eigenvalue weighted by Crippen LogP contribution is 2.33. The second kappa shape index (κ2) is 3.59. The van der Waals surface area contributed by atoms with Crippen molar-refractivity contribution >= 4 is 12.4 Å². The summed E-state index contributed by atoms with van der Waals surface area (Å²) in [5.41, 5.74) is 2.27. The summed E-state index contributed by atoms with van der Waals surface area (Å²) in [6, 6.07) is 3.73. The maximum Gasteiger partial charge on any atom is 0.325 e. The van der Waals surface area contributed by atoms with E-state index in [1.54, 1.807) is 6.07 Å². The number of hydrogen-bond acceptors (Lipinski definition) is 1. The van der Waals surface area contributed by atoms with Gasteiger partial charge < -0.3 is 4.65 Å². The zero-order valence-corrected chi connectivity index (χ0v) is 10.6. The van der Waals surface area contributed by atoms with Crippen molar-refractivity contribution in [2.45, 2.75) is 46.0 Å². The van der Waals surface area contributed by atoms with Crippen LogP contribution in [0.1, 0.15) is 44.7 Å². The first-order valence-corrected chi connectivity index (χ1v) is 5.84. The molecule has 1 aliphatic rings. The molecule has 3 heteroatoms. The number of halogens is 1. The third-order valence-electron chi connectivity index (χ3n) is 3.32. The molecule has 2 rings (SSSR count). The summed E-state index contributed by atoms with van der Waals surface area (Å²) >= 11 is 0. The van der Waals surface area contributed by atoms with Crippen LogP contribution in [0.25, 0.3) is 0 Å². The summed E-state index contributed by atoms with van der Waals surface area (Å²) in [6.45, 7) is 9.97. The van der Waals surface area contributed by atoms with Gasteiger partial charge in [-0.25, -0.2) is 4.39 Å². The van der Waals surface area contributed by atoms with Gasteiger partial charge in [-0.2, -0.15) is 0 Å². The zero-order chi connectivity index (χ0) is 12.1. The van der Waals surface area contributed by atoms with Crippen LogP contribution in [-0.2, 0) is 10.3 Å². The Hall–Kier alpha value is -0.825. The van der Waals surface area contributed by atoms with E-state index in [1.807, 2.05) is 20.7 Å². The average Bonchev–Trinajstić information content (AvgIpc) is 2.37. The summed E-state index contributed by atoms with van der Waals surface area (Å²) in [4.78, 5) is 0. The molecule has 1 aromatic rings. The molecule has 1 nitrogen and oxygen atoms in total. The van der Waals surface area contributed by atoms with Gasteiger partial charge in [0.05, 0.1) is 5.60 Å². The molecule has 0 bridgehead atoms. The van der Waals surface area contributed by atoms with E-state index in [-0.39, 0.29) is 12.7 Å². The van der Waals surface area contributed by atoms with Gasteiger partial charge in [-0.15, -0.1) is 0 Å². The quantitative estimate of drug-likeness (QED) is 0.661. The summed E-state index contributed by atoms with van der Waals surface area (Å²) in [7, 11) is 0. The average molecular weight is 220 g/mol. The molecule has 0 aliphatic carbocycles. The maximum absolute atomic E-state index is 14.1. The molecular weight excluding hydrogens is 202 g/mol. The van der Waals surface area contributed by atoms with Crippen LogP contribution < -0.4 is 5.46 Å². The summed E-state index contributed by atoms with van der Waals surface area (Å²) in [5, 5.41) is 0. The fourth-order valence-corrected chi connectivity index (χ4v) is 2.50. The molecule has 0 fully saturated rings. The van der Waals surface area contributed by atoms with Crippen molar-refractivity contribution in [2.24, 2.45) is 0 Å². The van der Waals surface area contributed by atoms with Gasteiger partial charge in [0.25, 0.3) is 0 Å². The molecule has 0 amide bonds. The Morgan fingerprint density at radius 2 is 1.94 bits per heavy atom. The highest BCUT2D eigenvalue weighted by atomic mass is 19.1. The van der Waals surface area contributed by atoms with E-state index in [4.69, 9.17) is 4.65 Å². The highest BCUT2D eigenvalue weighted by Gasteiger charge is 2.40. The van der Waals surface area contributed by atoms with Gasteiger partial charge in [0.1, 0.15) is 5.82 Å². The highest BCUT2D eigenvalue weighted by molar-refractivity contribution is 6.67. The molecule has 0 saturated carbocycles. The lowest BCUT2D eigenvalue weighted by molar-refractivity contribution is 0.120. The van der Waals surface area contributed by atoms with Crippen LogP contribution in [0.4, 0.5) is 4.39 Å². The standard InChI is InChI=1S/C13H18BFO/c1-8(2)9-6-10-12(11(15)7-9)13(3,4)16-14(10)5/h6-8H,1-5H3. The topological polar surface area (TPSA) is 9.23 Å². The number of rotatable bonds is 1. The second-order valence-electron chi connectivity index (χ2n) is 5.39. The van der Waals surface area contributed by atoms with Gasteiger partial charge >= 0.3 is 6.92 Å². The van der Waals surface area contributed by atoms with Crippen LogP contribution in [0.5, 0.6) is 0 Å². The van der Waals surface area contributed by atoms with E-state index in [0.29, 0.717) is 5.92 Å². The molecule has 1 heterocycles. The Kier molecular flexibility index (Phi) is 2.62. The lowest BCUT2D eigenvalue weighted by Crippen LogP contribution is -2.25. The third kappa shape index (κ3) is 1.67. The van der Waals surface area contributed by atoms with Gasteiger partial charge in [-0.3, -0.25) is 0 Å². The van der Waals surface area contributed by atoms with E-state index in [1.165, 1.54) is 0 Å². The third-order valence-corrected chi connectivity index (χ3v) is 3.32. The number of fused-ring (bicyclic) bond motifs is 1. The van der Waals surface area contributed by atoms with E-state index in [2.05, 4.69) is 19.9 Å². The Labute approximate surface area is 97.1 Å². The first-order valence-electron chi connectivity index (χ1n) is 5.84. The Morgan fingerprint density at radius 3 is 2.50 bits per heavy atom. The molecule has 0 N–H and O–H groups in total. The first-order chi connectivity index (χ1) is 7.33. The molecule has 0 radical (unpaired) electrons. The summed E-state index contributed by atoms with van der Waals surface area (Å²) in [5.74, 6) is 0.214. The van der Waals surface area contributed by atoms with Crippen molar-refractivity contribution in [3.63, 3.8) is 0 Å². The molecule has 0 aromatic heterocycles. The molecule has 0 atom stereocenters. The van der Waals surface area contributed by atoms with Gasteiger partial charge in [0, 0.05) is 5.56 Å². The SMILES string of the molecule is CB1OC(C)(C)c2c(F)cc(C(C)C)cc21. The van der Waals surface area contributed by atoms with Crippen molar-refractivity contribution in [3.05, 3.63) is 29.1 Å². The summed E-state index contributed by atoms with van der Waals surface area (Å²) in [6.07, 6.45) is 0. The van der Waals surface area contributed by atoms with Crippen LogP contribution in [0.2, 0.25) is 6.82 Å². The Bertz CT molecular complexity index is 426. The number of benzene rings is 1. The molecule has 86 valence electrons. The molecule has 1 aromatic carbocycles. The zero-order valence-electron chi connectivity index (χ0n) is 10.6. The molecular formula is C13H18BFO. The maximum atomic E-state index is 14.1. The monoisotopic (exact) mass is 220 g/mol. The van der Waals surface area contributed by atoms with Gasteiger partial charge in [0.2, 0.25) is 0 Å². The van der Waals surface area contributed by atoms with Crippen molar-refractivity contribution in [3.8, 4) is 0 Å². The molecule has 16 heavy (non-hydrogen) atoms. The van der Waals surface area contributed by atoms with Crippen LogP contribution in [0.15, 0.2) is 12.1 Å². The minimum atomic E-state index is -0.506. The molecule has 0 spiro atoms. The largest absolute Gasteiger partial charge is 0.422 e. The minimum Gasteiger partial charge on any atom is -0.422 e. The minimum absolute atomic E-state index is 0.0156. The van der Waals surface area contributed by atoms with Gasteiger partial charge in [-0.1, -0.05) is 26.7 Å². The number of hydrogen-bond donors (Lipinski definition) is 0. The van der Waals surface area contributed by atoms with Crippen LogP contribution in [0.3, 0.4) is 0 Å². The van der Waals surface area contributed by atoms with Crippen LogP contribution in [-0.4, -0.2) is 6.92 Å². The fourth-order valence-electron chi connectivity index (χ4n) is 2.50. The first kappa shape index (κ1) is 11.7. The van der Waals surface area contributed by atoms with Gasteiger partial charge in [-0.05, 0) is 36.9 Å². The van der Waals surface area contributed by atoms with Crippen LogP contribution >= 0.6 is 0 Å². The van der Waals surface area contributed by atoms with Crippen molar-refractivity contribution in [2.75, 3.05) is 0 Å². The predicted octanol–water partition coefficient (Wildman–Crippen LogP) is 3.04. The van der Waals surface area contributed by atoms with Crippen molar-refractivity contribution < 1.29 is 9.04 Å². The van der Waals surface area contributed by atoms with Gasteiger partial charge in [0.15, 0.2) is 0 Å². The fraction of sp³-hybridized carbons (Fsp3) is 0.538. The predicted molar refractivity (Wildman–Crippen MR) is 65.9 cm³/mol. The second-order valence-corrected chi connectivity index (χ2v) is 5.39. The Morgan fingerprint density at radius 1 is 1.31 bits per heavy atom. The lowest BCUT2D eigenvalue weighted by atomic mass is 9.63. The smallest absolute Gasteiger partial charge is 0.325 e. The molecule has 0 saturated heterocycles. The van der Waals surface area contributed by atoms with Crippen molar-refractivity contribution in [1.82, 2.24) is 0 Å². The summed E-state index contributed by atoms with van der Waals surface area (Å²) < 4.78 is 19.9. The molecule has 0 unspecified atom stereocenters. The van der Waals surface area contributed by atoms with Crippen molar-refractivity contribution in [1.29, 1.82) is 0 Å². The van der Waals surface area contributed by atoms with E-state index in [9.17, 15) is 4.39 Å². The van der Waals surface area contributed by atoms with E-state index in [0.717, 1.165) is 16.6 Å². The lowest BCUT2D eigenvalue weighted by Gasteiger charge is -2.21. The Balaban J connectivity index is 2.62.